The van der Waals surface area contributed by atoms with Gasteiger partial charge < -0.3 is 4.52 Å². The predicted octanol–water partition coefficient (Wildman–Crippen LogP) is 4.60. The van der Waals surface area contributed by atoms with Crippen molar-refractivity contribution in [3.05, 3.63) is 42.1 Å². The van der Waals surface area contributed by atoms with Crippen LogP contribution in [0.2, 0.25) is 0 Å². The van der Waals surface area contributed by atoms with Crippen molar-refractivity contribution in [1.29, 1.82) is 0 Å². The first-order chi connectivity index (χ1) is 10.3. The molecule has 0 radical (unpaired) electrons. The maximum atomic E-state index is 5.38. The molecule has 0 spiro atoms. The van der Waals surface area contributed by atoms with Crippen molar-refractivity contribution in [2.45, 2.75) is 21.4 Å². The molecule has 0 saturated heterocycles. The number of hydrogen-bond donors (Lipinski definition) is 0. The summed E-state index contributed by atoms with van der Waals surface area (Å²) in [6, 6.07) is 12.0. The van der Waals surface area contributed by atoms with Crippen LogP contribution in [0.5, 0.6) is 0 Å². The third-order valence-corrected chi connectivity index (χ3v) is 5.72. The Labute approximate surface area is 135 Å². The fourth-order valence-electron chi connectivity index (χ4n) is 1.69. The van der Waals surface area contributed by atoms with Crippen LogP contribution < -0.4 is 0 Å². The first kappa shape index (κ1) is 14.6. The summed E-state index contributed by atoms with van der Waals surface area (Å²) in [5.41, 5.74) is 1.96. The molecule has 0 aliphatic heterocycles. The fourth-order valence-corrected chi connectivity index (χ4v) is 4.49. The van der Waals surface area contributed by atoms with Crippen LogP contribution in [0.25, 0.3) is 11.3 Å². The van der Waals surface area contributed by atoms with Gasteiger partial charge in [0.1, 0.15) is 0 Å². The molecule has 0 saturated carbocycles. The van der Waals surface area contributed by atoms with E-state index in [0.29, 0.717) is 0 Å². The number of nitrogens with zero attached hydrogens (tertiary/aromatic N) is 3. The van der Waals surface area contributed by atoms with Gasteiger partial charge >= 0.3 is 0 Å². The Morgan fingerprint density at radius 1 is 1.10 bits per heavy atom. The standard InChI is InChI=1S/C14H13N3OS3/c1-2-19-13-15-16-14(21-13)20-9-11-8-12(18-17-11)10-6-4-3-5-7-10/h3-8H,2,9H2,1H3. The Morgan fingerprint density at radius 3 is 2.62 bits per heavy atom. The summed E-state index contributed by atoms with van der Waals surface area (Å²) >= 11 is 4.98. The number of hydrogen-bond acceptors (Lipinski definition) is 7. The molecule has 2 aromatic heterocycles. The lowest BCUT2D eigenvalue weighted by molar-refractivity contribution is 0.426. The van der Waals surface area contributed by atoms with Gasteiger partial charge in [-0.3, -0.25) is 0 Å². The minimum Gasteiger partial charge on any atom is -0.356 e. The van der Waals surface area contributed by atoms with Crippen molar-refractivity contribution in [3.8, 4) is 11.3 Å². The lowest BCUT2D eigenvalue weighted by Gasteiger charge is -1.92. The molecule has 3 rings (SSSR count). The van der Waals surface area contributed by atoms with Crippen LogP contribution in [0.3, 0.4) is 0 Å². The Morgan fingerprint density at radius 2 is 1.86 bits per heavy atom. The lowest BCUT2D eigenvalue weighted by Crippen LogP contribution is -1.78. The summed E-state index contributed by atoms with van der Waals surface area (Å²) in [5, 5.41) is 12.4. The molecule has 0 fully saturated rings. The van der Waals surface area contributed by atoms with Gasteiger partial charge in [-0.1, -0.05) is 77.3 Å². The highest BCUT2D eigenvalue weighted by Crippen LogP contribution is 2.31. The molecule has 0 N–H and O–H groups in total. The number of rotatable bonds is 6. The normalized spacial score (nSPS) is 10.9. The average Bonchev–Trinajstić information content (AvgIpc) is 3.16. The van der Waals surface area contributed by atoms with Gasteiger partial charge in [-0.15, -0.1) is 10.2 Å². The topological polar surface area (TPSA) is 51.8 Å². The minimum atomic E-state index is 0.738. The van der Waals surface area contributed by atoms with Gasteiger partial charge in [0, 0.05) is 17.4 Å². The van der Waals surface area contributed by atoms with Crippen molar-refractivity contribution in [1.82, 2.24) is 15.4 Å². The molecular weight excluding hydrogens is 322 g/mol. The Kier molecular flexibility index (Phi) is 4.95. The van der Waals surface area contributed by atoms with Gasteiger partial charge in [-0.05, 0) is 5.75 Å². The second-order valence-corrected chi connectivity index (χ2v) is 7.82. The molecular formula is C14H13N3OS3. The van der Waals surface area contributed by atoms with E-state index in [-0.39, 0.29) is 0 Å². The second-order valence-electron chi connectivity index (χ2n) is 4.10. The molecule has 1 aromatic carbocycles. The van der Waals surface area contributed by atoms with Crippen LogP contribution in [0.15, 0.2) is 49.6 Å². The van der Waals surface area contributed by atoms with Gasteiger partial charge in [0.25, 0.3) is 0 Å². The molecule has 2 heterocycles. The zero-order valence-corrected chi connectivity index (χ0v) is 13.8. The van der Waals surface area contributed by atoms with Crippen molar-refractivity contribution in [3.63, 3.8) is 0 Å². The first-order valence-corrected chi connectivity index (χ1v) is 9.24. The Bertz CT molecular complexity index is 696. The smallest absolute Gasteiger partial charge is 0.175 e. The largest absolute Gasteiger partial charge is 0.356 e. The molecule has 21 heavy (non-hydrogen) atoms. The third-order valence-electron chi connectivity index (χ3n) is 2.62. The summed E-state index contributed by atoms with van der Waals surface area (Å²) in [6.45, 7) is 2.11. The Hall–Kier alpha value is -1.31. The summed E-state index contributed by atoms with van der Waals surface area (Å²) in [5.74, 6) is 2.55. The van der Waals surface area contributed by atoms with Crippen molar-refractivity contribution in [2.75, 3.05) is 5.75 Å². The molecule has 4 nitrogen and oxygen atoms in total. The van der Waals surface area contributed by atoms with Crippen LogP contribution in [0, 0.1) is 0 Å². The quantitative estimate of drug-likeness (QED) is 0.614. The minimum absolute atomic E-state index is 0.738. The van der Waals surface area contributed by atoms with E-state index < -0.39 is 0 Å². The van der Waals surface area contributed by atoms with E-state index in [2.05, 4.69) is 22.3 Å². The van der Waals surface area contributed by atoms with Crippen LogP contribution in [0.4, 0.5) is 0 Å². The van der Waals surface area contributed by atoms with Gasteiger partial charge in [-0.2, -0.15) is 0 Å². The fraction of sp³-hybridized carbons (Fsp3) is 0.214. The van der Waals surface area contributed by atoms with E-state index in [1.54, 1.807) is 34.9 Å². The molecule has 0 bridgehead atoms. The molecule has 3 aromatic rings. The zero-order valence-electron chi connectivity index (χ0n) is 11.4. The van der Waals surface area contributed by atoms with E-state index in [4.69, 9.17) is 4.52 Å². The average molecular weight is 335 g/mol. The van der Waals surface area contributed by atoms with Crippen LogP contribution in [-0.4, -0.2) is 21.1 Å². The number of thioether (sulfide) groups is 2. The first-order valence-electron chi connectivity index (χ1n) is 6.45. The summed E-state index contributed by atoms with van der Waals surface area (Å²) in [4.78, 5) is 0. The molecule has 0 atom stereocenters. The maximum Gasteiger partial charge on any atom is 0.175 e. The van der Waals surface area contributed by atoms with E-state index in [1.165, 1.54) is 0 Å². The monoisotopic (exact) mass is 335 g/mol. The SMILES string of the molecule is CCSc1nnc(SCc2cc(-c3ccccc3)on2)s1. The van der Waals surface area contributed by atoms with E-state index in [1.807, 2.05) is 36.4 Å². The van der Waals surface area contributed by atoms with Crippen LogP contribution in [-0.2, 0) is 5.75 Å². The highest BCUT2D eigenvalue weighted by molar-refractivity contribution is 8.02. The van der Waals surface area contributed by atoms with Crippen molar-refractivity contribution >= 4 is 34.9 Å². The van der Waals surface area contributed by atoms with E-state index in [0.717, 1.165) is 37.2 Å². The predicted molar refractivity (Wildman–Crippen MR) is 87.8 cm³/mol. The Balaban J connectivity index is 1.62. The highest BCUT2D eigenvalue weighted by Gasteiger charge is 2.09. The molecule has 0 unspecified atom stereocenters. The van der Waals surface area contributed by atoms with Crippen LogP contribution in [0.1, 0.15) is 12.6 Å². The van der Waals surface area contributed by atoms with Gasteiger partial charge in [0.05, 0.1) is 5.69 Å². The lowest BCUT2D eigenvalue weighted by atomic mass is 10.2. The van der Waals surface area contributed by atoms with Gasteiger partial charge in [0.15, 0.2) is 14.4 Å². The summed E-state index contributed by atoms with van der Waals surface area (Å²) in [6.07, 6.45) is 0. The zero-order chi connectivity index (χ0) is 14.5. The highest BCUT2D eigenvalue weighted by atomic mass is 32.2. The molecule has 0 amide bonds. The summed E-state index contributed by atoms with van der Waals surface area (Å²) < 4.78 is 7.37. The molecule has 108 valence electrons. The van der Waals surface area contributed by atoms with Gasteiger partial charge in [0.2, 0.25) is 0 Å². The summed E-state index contributed by atoms with van der Waals surface area (Å²) in [7, 11) is 0. The second kappa shape index (κ2) is 7.11. The van der Waals surface area contributed by atoms with E-state index in [9.17, 15) is 0 Å². The van der Waals surface area contributed by atoms with Crippen LogP contribution >= 0.6 is 34.9 Å². The van der Waals surface area contributed by atoms with Crippen molar-refractivity contribution < 1.29 is 4.52 Å². The molecule has 7 heteroatoms. The molecule has 0 aliphatic rings. The number of aromatic nitrogens is 3. The molecule has 0 aliphatic carbocycles. The van der Waals surface area contributed by atoms with E-state index >= 15 is 0 Å². The third kappa shape index (κ3) is 3.87. The maximum absolute atomic E-state index is 5.38. The van der Waals surface area contributed by atoms with Crippen molar-refractivity contribution in [2.24, 2.45) is 0 Å². The van der Waals surface area contributed by atoms with Gasteiger partial charge in [-0.25, -0.2) is 0 Å². The number of benzene rings is 1.